The van der Waals surface area contributed by atoms with Crippen LogP contribution in [-0.4, -0.2) is 20.3 Å². The molecule has 0 saturated carbocycles. The third kappa shape index (κ3) is 2.51. The molecule has 0 radical (unpaired) electrons. The Bertz CT molecular complexity index is 600. The summed E-state index contributed by atoms with van der Waals surface area (Å²) in [6, 6.07) is 8.10. The maximum absolute atomic E-state index is 5.60. The molecule has 2 aromatic rings. The van der Waals surface area contributed by atoms with Gasteiger partial charge in [-0.3, -0.25) is 0 Å². The third-order valence-corrected chi connectivity index (χ3v) is 5.93. The molecule has 1 aliphatic heterocycles. The smallest absolute Gasteiger partial charge is 0.194 e. The molecule has 3 rings (SSSR count). The van der Waals surface area contributed by atoms with E-state index in [1.807, 2.05) is 12.1 Å². The van der Waals surface area contributed by atoms with E-state index in [0.717, 1.165) is 15.1 Å². The summed E-state index contributed by atoms with van der Waals surface area (Å²) in [6.45, 7) is 3.43. The van der Waals surface area contributed by atoms with E-state index in [0.29, 0.717) is 13.2 Å². The lowest BCUT2D eigenvalue weighted by molar-refractivity contribution is -0.0418. The van der Waals surface area contributed by atoms with E-state index in [1.165, 1.54) is 16.0 Å². The molecule has 5 heteroatoms. The zero-order valence-corrected chi connectivity index (χ0v) is 13.7. The van der Waals surface area contributed by atoms with Crippen molar-refractivity contribution in [3.05, 3.63) is 39.2 Å². The van der Waals surface area contributed by atoms with Crippen LogP contribution in [0.1, 0.15) is 16.7 Å². The maximum Gasteiger partial charge on any atom is 0.194 e. The lowest BCUT2D eigenvalue weighted by atomic mass is 10.1. The first-order chi connectivity index (χ1) is 9.70. The summed E-state index contributed by atoms with van der Waals surface area (Å²) >= 11 is 5.37. The highest BCUT2D eigenvalue weighted by Crippen LogP contribution is 2.44. The van der Waals surface area contributed by atoms with Gasteiger partial charge in [0.15, 0.2) is 6.29 Å². The predicted octanol–water partition coefficient (Wildman–Crippen LogP) is 4.54. The molecule has 2 heterocycles. The zero-order chi connectivity index (χ0) is 14.1. The van der Waals surface area contributed by atoms with Crippen LogP contribution in [-0.2, 0) is 9.47 Å². The second-order valence-electron chi connectivity index (χ2n) is 4.54. The van der Waals surface area contributed by atoms with Gasteiger partial charge in [-0.05, 0) is 58.2 Å². The Labute approximate surface area is 130 Å². The van der Waals surface area contributed by atoms with Crippen LogP contribution in [0, 0.1) is 6.92 Å². The van der Waals surface area contributed by atoms with Gasteiger partial charge < -0.3 is 14.2 Å². The molecule has 0 spiro atoms. The standard InChI is InChI=1S/C15H15BrO3S/c1-9-12(16)14(15-18-7-8-19-15)20-13(9)10-3-5-11(17-2)6-4-10/h3-6,15H,7-8H2,1-2H3. The van der Waals surface area contributed by atoms with E-state index in [4.69, 9.17) is 14.2 Å². The van der Waals surface area contributed by atoms with Crippen LogP contribution in [0.5, 0.6) is 5.75 Å². The molecule has 20 heavy (non-hydrogen) atoms. The normalized spacial score (nSPS) is 15.8. The number of rotatable bonds is 3. The molecule has 0 bridgehead atoms. The Morgan fingerprint density at radius 1 is 1.20 bits per heavy atom. The molecule has 1 aromatic carbocycles. The van der Waals surface area contributed by atoms with Crippen molar-refractivity contribution < 1.29 is 14.2 Å². The fourth-order valence-electron chi connectivity index (χ4n) is 2.19. The van der Waals surface area contributed by atoms with E-state index in [9.17, 15) is 0 Å². The van der Waals surface area contributed by atoms with Crippen LogP contribution >= 0.6 is 27.3 Å². The third-order valence-electron chi connectivity index (χ3n) is 3.29. The van der Waals surface area contributed by atoms with Crippen LogP contribution in [0.3, 0.4) is 0 Å². The molecule has 1 aliphatic rings. The average molecular weight is 355 g/mol. The Morgan fingerprint density at radius 2 is 1.85 bits per heavy atom. The number of ether oxygens (including phenoxy) is 3. The van der Waals surface area contributed by atoms with Gasteiger partial charge in [0.25, 0.3) is 0 Å². The molecular weight excluding hydrogens is 340 g/mol. The quantitative estimate of drug-likeness (QED) is 0.809. The first kappa shape index (κ1) is 14.1. The van der Waals surface area contributed by atoms with Gasteiger partial charge in [-0.15, -0.1) is 11.3 Å². The van der Waals surface area contributed by atoms with Crippen LogP contribution in [0.4, 0.5) is 0 Å². The van der Waals surface area contributed by atoms with Crippen molar-refractivity contribution >= 4 is 27.3 Å². The topological polar surface area (TPSA) is 27.7 Å². The number of halogens is 1. The second-order valence-corrected chi connectivity index (χ2v) is 6.38. The number of methoxy groups -OCH3 is 1. The van der Waals surface area contributed by atoms with Gasteiger partial charge >= 0.3 is 0 Å². The highest BCUT2D eigenvalue weighted by atomic mass is 79.9. The summed E-state index contributed by atoms with van der Waals surface area (Å²) in [4.78, 5) is 2.33. The summed E-state index contributed by atoms with van der Waals surface area (Å²) in [5, 5.41) is 0. The minimum Gasteiger partial charge on any atom is -0.497 e. The summed E-state index contributed by atoms with van der Waals surface area (Å²) in [6.07, 6.45) is -0.236. The van der Waals surface area contributed by atoms with Crippen LogP contribution < -0.4 is 4.74 Å². The molecular formula is C15H15BrO3S. The van der Waals surface area contributed by atoms with Gasteiger partial charge in [0.1, 0.15) is 5.75 Å². The minimum atomic E-state index is -0.236. The molecule has 0 aliphatic carbocycles. The van der Waals surface area contributed by atoms with Gasteiger partial charge in [0.2, 0.25) is 0 Å². The van der Waals surface area contributed by atoms with Crippen LogP contribution in [0.15, 0.2) is 28.7 Å². The lowest BCUT2D eigenvalue weighted by Gasteiger charge is -2.06. The van der Waals surface area contributed by atoms with Crippen molar-refractivity contribution in [2.45, 2.75) is 13.2 Å². The van der Waals surface area contributed by atoms with Crippen LogP contribution in [0.2, 0.25) is 0 Å². The molecule has 0 N–H and O–H groups in total. The highest BCUT2D eigenvalue weighted by molar-refractivity contribution is 9.10. The maximum atomic E-state index is 5.60. The number of benzene rings is 1. The first-order valence-corrected chi connectivity index (χ1v) is 7.98. The van der Waals surface area contributed by atoms with Gasteiger partial charge in [-0.1, -0.05) is 0 Å². The van der Waals surface area contributed by atoms with Crippen LogP contribution in [0.25, 0.3) is 10.4 Å². The van der Waals surface area contributed by atoms with Crippen molar-refractivity contribution in [1.29, 1.82) is 0 Å². The first-order valence-electron chi connectivity index (χ1n) is 6.37. The molecule has 0 atom stereocenters. The molecule has 1 aromatic heterocycles. The van der Waals surface area contributed by atoms with E-state index >= 15 is 0 Å². The fraction of sp³-hybridized carbons (Fsp3) is 0.333. The van der Waals surface area contributed by atoms with Gasteiger partial charge in [0, 0.05) is 9.35 Å². The van der Waals surface area contributed by atoms with Crippen molar-refractivity contribution in [3.63, 3.8) is 0 Å². The zero-order valence-electron chi connectivity index (χ0n) is 11.3. The SMILES string of the molecule is COc1ccc(-c2sc(C3OCCO3)c(Br)c2C)cc1. The lowest BCUT2D eigenvalue weighted by Crippen LogP contribution is -1.95. The van der Waals surface area contributed by atoms with Crippen molar-refractivity contribution in [1.82, 2.24) is 0 Å². The van der Waals surface area contributed by atoms with Crippen molar-refractivity contribution in [3.8, 4) is 16.2 Å². The van der Waals surface area contributed by atoms with E-state index < -0.39 is 0 Å². The largest absolute Gasteiger partial charge is 0.497 e. The number of hydrogen-bond donors (Lipinski definition) is 0. The van der Waals surface area contributed by atoms with E-state index in [-0.39, 0.29) is 6.29 Å². The number of thiophene rings is 1. The summed E-state index contributed by atoms with van der Waals surface area (Å²) < 4.78 is 17.5. The number of hydrogen-bond acceptors (Lipinski definition) is 4. The van der Waals surface area contributed by atoms with E-state index in [1.54, 1.807) is 18.4 Å². The van der Waals surface area contributed by atoms with Crippen molar-refractivity contribution in [2.24, 2.45) is 0 Å². The highest BCUT2D eigenvalue weighted by Gasteiger charge is 2.25. The van der Waals surface area contributed by atoms with E-state index in [2.05, 4.69) is 35.0 Å². The van der Waals surface area contributed by atoms with Gasteiger partial charge in [-0.25, -0.2) is 0 Å². The Kier molecular flexibility index (Phi) is 4.12. The predicted molar refractivity (Wildman–Crippen MR) is 83.4 cm³/mol. The molecule has 0 unspecified atom stereocenters. The monoisotopic (exact) mass is 354 g/mol. The van der Waals surface area contributed by atoms with Gasteiger partial charge in [0.05, 0.1) is 25.2 Å². The molecule has 3 nitrogen and oxygen atoms in total. The Morgan fingerprint density at radius 3 is 2.45 bits per heavy atom. The summed E-state index contributed by atoms with van der Waals surface area (Å²) in [5.74, 6) is 0.865. The molecule has 106 valence electrons. The summed E-state index contributed by atoms with van der Waals surface area (Å²) in [5.41, 5.74) is 2.40. The van der Waals surface area contributed by atoms with Gasteiger partial charge in [-0.2, -0.15) is 0 Å². The van der Waals surface area contributed by atoms with Crippen molar-refractivity contribution in [2.75, 3.05) is 20.3 Å². The minimum absolute atomic E-state index is 0.236. The second kappa shape index (κ2) is 5.85. The Balaban J connectivity index is 1.98. The fourth-order valence-corrected chi connectivity index (χ4v) is 4.16. The Hall–Kier alpha value is -0.880. The summed E-state index contributed by atoms with van der Waals surface area (Å²) in [7, 11) is 1.68. The molecule has 0 amide bonds. The molecule has 1 fully saturated rings. The average Bonchev–Trinajstić information content (AvgIpc) is 3.10. The molecule has 1 saturated heterocycles.